The molecule has 0 bridgehead atoms. The summed E-state index contributed by atoms with van der Waals surface area (Å²) in [7, 11) is 0. The monoisotopic (exact) mass is 430 g/mol. The minimum atomic E-state index is -4.83. The Balaban J connectivity index is 2.09. The Labute approximate surface area is 161 Å². The molecule has 0 radical (unpaired) electrons. The summed E-state index contributed by atoms with van der Waals surface area (Å²) in [6, 6.07) is 2.42. The molecule has 28 heavy (non-hydrogen) atoms. The number of carbonyl (C=O) groups excluding carboxylic acids is 1. The minimum absolute atomic E-state index is 0.0419. The van der Waals surface area contributed by atoms with Crippen molar-refractivity contribution in [3.05, 3.63) is 35.7 Å². The lowest BCUT2D eigenvalue weighted by atomic mass is 10.1. The van der Waals surface area contributed by atoms with Crippen molar-refractivity contribution in [3.8, 4) is 0 Å². The highest BCUT2D eigenvalue weighted by molar-refractivity contribution is 7.99. The van der Waals surface area contributed by atoms with E-state index in [9.17, 15) is 35.5 Å². The molecule has 1 amide bonds. The van der Waals surface area contributed by atoms with E-state index in [4.69, 9.17) is 0 Å². The van der Waals surface area contributed by atoms with E-state index in [0.717, 1.165) is 11.0 Å². The average Bonchev–Trinajstić information content (AvgIpc) is 2.58. The zero-order chi connectivity index (χ0) is 21.3. The first-order chi connectivity index (χ1) is 12.8. The van der Waals surface area contributed by atoms with Crippen LogP contribution in [0, 0.1) is 12.7 Å². The fourth-order valence-corrected chi connectivity index (χ4v) is 3.46. The number of nitrogens with zero attached hydrogens (tertiary/aromatic N) is 2. The molecule has 156 valence electrons. The molecule has 0 atom stereocenters. The van der Waals surface area contributed by atoms with E-state index >= 15 is 0 Å². The van der Waals surface area contributed by atoms with Gasteiger partial charge in [0.2, 0.25) is 0 Å². The van der Waals surface area contributed by atoms with Gasteiger partial charge in [0.1, 0.15) is 11.4 Å². The molecule has 0 N–H and O–H groups in total. The van der Waals surface area contributed by atoms with Crippen LogP contribution in [0.1, 0.15) is 5.56 Å². The number of aryl methyl sites for hydroxylation is 1. The Kier molecular flexibility index (Phi) is 6.57. The third-order valence-electron chi connectivity index (χ3n) is 4.14. The number of carbonyl (C=O) groups is 1. The van der Waals surface area contributed by atoms with Crippen molar-refractivity contribution >= 4 is 23.4 Å². The van der Waals surface area contributed by atoms with Crippen LogP contribution in [-0.2, 0) is 4.79 Å². The zero-order valence-corrected chi connectivity index (χ0v) is 15.6. The SMILES string of the molecule is C=C(C(=O)N1CCN(c2cc(SCC(F)(F)F)c(C)cc2F)CC1)C(F)(F)F. The van der Waals surface area contributed by atoms with Crippen molar-refractivity contribution in [1.82, 2.24) is 4.90 Å². The molecule has 1 aliphatic heterocycles. The summed E-state index contributed by atoms with van der Waals surface area (Å²) in [6.45, 7) is 4.16. The first-order valence-corrected chi connectivity index (χ1v) is 9.08. The van der Waals surface area contributed by atoms with Crippen LogP contribution in [0.15, 0.2) is 29.2 Å². The molecule has 0 aliphatic carbocycles. The van der Waals surface area contributed by atoms with E-state index in [1.807, 2.05) is 0 Å². The Morgan fingerprint density at radius 3 is 2.18 bits per heavy atom. The molecule has 0 saturated carbocycles. The van der Waals surface area contributed by atoms with Crippen LogP contribution >= 0.6 is 11.8 Å². The molecule has 0 unspecified atom stereocenters. The van der Waals surface area contributed by atoms with Gasteiger partial charge in [0.05, 0.1) is 11.4 Å². The Morgan fingerprint density at radius 2 is 1.68 bits per heavy atom. The molecular formula is C17H17F7N2OS. The molecule has 0 aromatic heterocycles. The van der Waals surface area contributed by atoms with Crippen molar-refractivity contribution in [2.24, 2.45) is 0 Å². The molecular weight excluding hydrogens is 413 g/mol. The Morgan fingerprint density at radius 1 is 1.11 bits per heavy atom. The maximum absolute atomic E-state index is 14.3. The number of thioether (sulfide) groups is 1. The van der Waals surface area contributed by atoms with E-state index in [-0.39, 0.29) is 36.8 Å². The fraction of sp³-hybridized carbons (Fsp3) is 0.471. The second kappa shape index (κ2) is 8.22. The molecule has 3 nitrogen and oxygen atoms in total. The predicted molar refractivity (Wildman–Crippen MR) is 91.9 cm³/mol. The van der Waals surface area contributed by atoms with E-state index in [1.54, 1.807) is 0 Å². The van der Waals surface area contributed by atoms with Gasteiger partial charge in [-0.05, 0) is 24.6 Å². The second-order valence-electron chi connectivity index (χ2n) is 6.23. The van der Waals surface area contributed by atoms with Gasteiger partial charge in [0.15, 0.2) is 0 Å². The number of piperazine rings is 1. The average molecular weight is 430 g/mol. The zero-order valence-electron chi connectivity index (χ0n) is 14.8. The molecule has 1 aromatic carbocycles. The molecule has 2 rings (SSSR count). The van der Waals surface area contributed by atoms with Crippen LogP contribution in [0.5, 0.6) is 0 Å². The smallest absolute Gasteiger partial charge is 0.366 e. The third-order valence-corrected chi connectivity index (χ3v) is 5.37. The lowest BCUT2D eigenvalue weighted by Gasteiger charge is -2.36. The molecule has 1 saturated heterocycles. The van der Waals surface area contributed by atoms with Crippen molar-refractivity contribution < 1.29 is 35.5 Å². The van der Waals surface area contributed by atoms with Gasteiger partial charge in [-0.1, -0.05) is 6.58 Å². The number of hydrogen-bond acceptors (Lipinski definition) is 3. The van der Waals surface area contributed by atoms with E-state index in [2.05, 4.69) is 6.58 Å². The minimum Gasteiger partial charge on any atom is -0.366 e. The largest absolute Gasteiger partial charge is 0.421 e. The quantitative estimate of drug-likeness (QED) is 0.398. The van der Waals surface area contributed by atoms with Crippen LogP contribution in [0.3, 0.4) is 0 Å². The lowest BCUT2D eigenvalue weighted by molar-refractivity contribution is -0.139. The molecule has 1 heterocycles. The van der Waals surface area contributed by atoms with Gasteiger partial charge >= 0.3 is 12.4 Å². The van der Waals surface area contributed by atoms with Gasteiger partial charge in [-0.2, -0.15) is 26.3 Å². The van der Waals surface area contributed by atoms with Crippen LogP contribution in [0.25, 0.3) is 0 Å². The lowest BCUT2D eigenvalue weighted by Crippen LogP contribution is -2.50. The summed E-state index contributed by atoms with van der Waals surface area (Å²) in [5.41, 5.74) is -1.07. The summed E-state index contributed by atoms with van der Waals surface area (Å²) in [5, 5.41) is 0. The highest BCUT2D eigenvalue weighted by Crippen LogP contribution is 2.34. The van der Waals surface area contributed by atoms with E-state index in [1.165, 1.54) is 17.9 Å². The van der Waals surface area contributed by atoms with Crippen molar-refractivity contribution in [2.75, 3.05) is 36.8 Å². The standard InChI is InChI=1S/C17H17F7N2OS/c1-10-7-12(18)13(8-14(10)28-9-16(19,20)21)25-3-5-26(6-4-25)15(27)11(2)17(22,23)24/h7-8H,2-6,9H2,1H3. The number of halogens is 7. The number of amides is 1. The van der Waals surface area contributed by atoms with Gasteiger partial charge in [-0.15, -0.1) is 11.8 Å². The molecule has 0 spiro atoms. The maximum atomic E-state index is 14.3. The number of benzene rings is 1. The summed E-state index contributed by atoms with van der Waals surface area (Å²) in [6.07, 6.45) is -9.21. The van der Waals surface area contributed by atoms with E-state index in [0.29, 0.717) is 17.3 Å². The number of hydrogen-bond donors (Lipinski definition) is 0. The molecule has 1 aliphatic rings. The Bertz CT molecular complexity index is 753. The van der Waals surface area contributed by atoms with Gasteiger partial charge < -0.3 is 9.80 Å². The Hall–Kier alpha value is -1.91. The number of alkyl halides is 6. The summed E-state index contributed by atoms with van der Waals surface area (Å²) >= 11 is 0.533. The van der Waals surface area contributed by atoms with Crippen molar-refractivity contribution in [2.45, 2.75) is 24.2 Å². The van der Waals surface area contributed by atoms with Crippen molar-refractivity contribution in [3.63, 3.8) is 0 Å². The summed E-state index contributed by atoms with van der Waals surface area (Å²) in [5.74, 6) is -3.01. The molecule has 1 fully saturated rings. The highest BCUT2D eigenvalue weighted by Gasteiger charge is 2.39. The van der Waals surface area contributed by atoms with Crippen molar-refractivity contribution in [1.29, 1.82) is 0 Å². The van der Waals surface area contributed by atoms with Crippen LogP contribution in [-0.4, -0.2) is 55.1 Å². The molecule has 11 heteroatoms. The van der Waals surface area contributed by atoms with Crippen LogP contribution in [0.2, 0.25) is 0 Å². The molecule has 1 aromatic rings. The number of rotatable bonds is 4. The first-order valence-electron chi connectivity index (χ1n) is 8.09. The van der Waals surface area contributed by atoms with Gasteiger partial charge in [-0.25, -0.2) is 4.39 Å². The van der Waals surface area contributed by atoms with Gasteiger partial charge in [0, 0.05) is 31.1 Å². The van der Waals surface area contributed by atoms with Crippen LogP contribution in [0.4, 0.5) is 36.4 Å². The number of anilines is 1. The van der Waals surface area contributed by atoms with Crippen LogP contribution < -0.4 is 4.90 Å². The normalized spacial score (nSPS) is 15.7. The van der Waals surface area contributed by atoms with E-state index < -0.39 is 35.4 Å². The second-order valence-corrected chi connectivity index (χ2v) is 7.25. The van der Waals surface area contributed by atoms with Gasteiger partial charge in [-0.3, -0.25) is 4.79 Å². The third kappa shape index (κ3) is 5.55. The summed E-state index contributed by atoms with van der Waals surface area (Å²) in [4.78, 5) is 14.6. The summed E-state index contributed by atoms with van der Waals surface area (Å²) < 4.78 is 89.4. The maximum Gasteiger partial charge on any atom is 0.421 e. The highest BCUT2D eigenvalue weighted by atomic mass is 32.2. The first kappa shape index (κ1) is 22.4. The topological polar surface area (TPSA) is 23.6 Å². The van der Waals surface area contributed by atoms with Gasteiger partial charge in [0.25, 0.3) is 5.91 Å². The predicted octanol–water partition coefficient (Wildman–Crippen LogP) is 4.56. The fourth-order valence-electron chi connectivity index (χ4n) is 2.66.